The lowest BCUT2D eigenvalue weighted by Crippen LogP contribution is -2.53. The molecule has 4 aliphatic carbocycles. The van der Waals surface area contributed by atoms with E-state index in [1.54, 1.807) is 5.57 Å². The average molecular weight is 365 g/mol. The van der Waals surface area contributed by atoms with Gasteiger partial charge in [-0.2, -0.15) is 0 Å². The van der Waals surface area contributed by atoms with E-state index in [1.165, 1.54) is 44.9 Å². The van der Waals surface area contributed by atoms with Crippen LogP contribution in [0.5, 0.6) is 0 Å². The van der Waals surface area contributed by atoms with Gasteiger partial charge >= 0.3 is 0 Å². The highest BCUT2D eigenvalue weighted by molar-refractivity contribution is 5.31. The molecule has 0 radical (unpaired) electrons. The maximum absolute atomic E-state index is 11.9. The molecule has 1 aromatic carbocycles. The molecule has 0 aliphatic heterocycles. The largest absolute Gasteiger partial charge is 0.385 e. The maximum atomic E-state index is 11.9. The Kier molecular flexibility index (Phi) is 3.97. The second kappa shape index (κ2) is 5.96. The van der Waals surface area contributed by atoms with Crippen LogP contribution < -0.4 is 0 Å². The molecule has 4 unspecified atom stereocenters. The van der Waals surface area contributed by atoms with Crippen molar-refractivity contribution in [2.75, 3.05) is 0 Å². The third-order valence-corrected chi connectivity index (χ3v) is 9.75. The number of allylic oxidation sites excluding steroid dienone is 2. The van der Waals surface area contributed by atoms with Crippen molar-refractivity contribution >= 4 is 0 Å². The first-order valence-electron chi connectivity index (χ1n) is 11.4. The van der Waals surface area contributed by atoms with Crippen LogP contribution in [0.25, 0.3) is 0 Å². The second-order valence-corrected chi connectivity index (χ2v) is 10.8. The molecular weight excluding hydrogens is 328 g/mol. The van der Waals surface area contributed by atoms with E-state index in [0.29, 0.717) is 11.3 Å². The minimum absolute atomic E-state index is 0.0270. The first-order valence-corrected chi connectivity index (χ1v) is 11.4. The van der Waals surface area contributed by atoms with Gasteiger partial charge in [-0.15, -0.1) is 0 Å². The molecule has 1 heteroatoms. The Morgan fingerprint density at radius 3 is 2.44 bits per heavy atom. The lowest BCUT2D eigenvalue weighted by molar-refractivity contribution is -0.128. The zero-order chi connectivity index (χ0) is 18.9. The molecule has 0 saturated heterocycles. The molecule has 5 rings (SSSR count). The number of hydrogen-bond donors (Lipinski definition) is 1. The maximum Gasteiger partial charge on any atom is 0.0952 e. The topological polar surface area (TPSA) is 20.2 Å². The van der Waals surface area contributed by atoms with E-state index in [2.05, 4.69) is 57.2 Å². The van der Waals surface area contributed by atoms with Crippen LogP contribution in [0.1, 0.15) is 77.7 Å². The minimum Gasteiger partial charge on any atom is -0.385 e. The van der Waals surface area contributed by atoms with Gasteiger partial charge in [-0.05, 0) is 86.0 Å². The number of benzene rings is 1. The monoisotopic (exact) mass is 364 g/mol. The third-order valence-electron chi connectivity index (χ3n) is 9.75. The van der Waals surface area contributed by atoms with E-state index in [-0.39, 0.29) is 5.41 Å². The Balaban J connectivity index is 1.51. The molecule has 0 amide bonds. The smallest absolute Gasteiger partial charge is 0.0952 e. The molecule has 0 aromatic heterocycles. The third kappa shape index (κ3) is 2.33. The minimum atomic E-state index is -0.643. The molecule has 27 heavy (non-hydrogen) atoms. The Morgan fingerprint density at radius 2 is 1.67 bits per heavy atom. The summed E-state index contributed by atoms with van der Waals surface area (Å²) < 4.78 is 0. The molecule has 0 heterocycles. The van der Waals surface area contributed by atoms with Crippen LogP contribution in [0, 0.1) is 34.5 Å². The summed E-state index contributed by atoms with van der Waals surface area (Å²) in [5.41, 5.74) is 2.75. The Bertz CT molecular complexity index is 751. The summed E-state index contributed by atoms with van der Waals surface area (Å²) in [4.78, 5) is 0. The van der Waals surface area contributed by atoms with Crippen molar-refractivity contribution in [3.8, 4) is 0 Å². The standard InChI is InChI=1S/C26H36O/c1-18-11-14-24(2)20(17-18)9-10-21-22(24)12-15-25(3)23(21)13-16-26(25,27)19-7-5-4-6-8-19/h4-9,18,21-23,27H,10-17H2,1-3H3/t18-,21?,22?,23?,24-,25-,26?/m0/s1. The molecule has 1 nitrogen and oxygen atoms in total. The van der Waals surface area contributed by atoms with Gasteiger partial charge in [0.05, 0.1) is 5.60 Å². The van der Waals surface area contributed by atoms with Gasteiger partial charge in [0.25, 0.3) is 0 Å². The number of fused-ring (bicyclic) bond motifs is 5. The van der Waals surface area contributed by atoms with Crippen molar-refractivity contribution in [1.29, 1.82) is 0 Å². The average Bonchev–Trinajstić information content (AvgIpc) is 2.95. The fourth-order valence-corrected chi connectivity index (χ4v) is 8.05. The van der Waals surface area contributed by atoms with Crippen molar-refractivity contribution in [2.45, 2.75) is 77.7 Å². The molecule has 0 spiro atoms. The highest BCUT2D eigenvalue weighted by atomic mass is 16.3. The summed E-state index contributed by atoms with van der Waals surface area (Å²) >= 11 is 0. The van der Waals surface area contributed by atoms with Crippen molar-refractivity contribution in [2.24, 2.45) is 34.5 Å². The van der Waals surface area contributed by atoms with Crippen LogP contribution in [-0.2, 0) is 5.60 Å². The van der Waals surface area contributed by atoms with Crippen molar-refractivity contribution in [3.63, 3.8) is 0 Å². The van der Waals surface area contributed by atoms with Gasteiger partial charge < -0.3 is 5.11 Å². The summed E-state index contributed by atoms with van der Waals surface area (Å²) in [6.45, 7) is 7.43. The summed E-state index contributed by atoms with van der Waals surface area (Å²) in [7, 11) is 0. The number of aliphatic hydroxyl groups is 1. The lowest BCUT2D eigenvalue weighted by atomic mass is 9.46. The lowest BCUT2D eigenvalue weighted by Gasteiger charge is -2.59. The van der Waals surface area contributed by atoms with Crippen LogP contribution in [-0.4, -0.2) is 5.11 Å². The number of rotatable bonds is 1. The van der Waals surface area contributed by atoms with Gasteiger partial charge in [-0.1, -0.05) is 62.8 Å². The van der Waals surface area contributed by atoms with Crippen molar-refractivity contribution in [1.82, 2.24) is 0 Å². The number of hydrogen-bond acceptors (Lipinski definition) is 1. The first-order chi connectivity index (χ1) is 12.9. The zero-order valence-corrected chi connectivity index (χ0v) is 17.4. The normalized spacial score (nSPS) is 49.0. The van der Waals surface area contributed by atoms with E-state index in [1.807, 2.05) is 0 Å². The van der Waals surface area contributed by atoms with E-state index in [4.69, 9.17) is 0 Å². The van der Waals surface area contributed by atoms with Crippen LogP contribution in [0.4, 0.5) is 0 Å². The molecular formula is C26H36O. The van der Waals surface area contributed by atoms with Crippen molar-refractivity contribution in [3.05, 3.63) is 47.5 Å². The van der Waals surface area contributed by atoms with E-state index < -0.39 is 5.60 Å². The second-order valence-electron chi connectivity index (χ2n) is 10.8. The summed E-state index contributed by atoms with van der Waals surface area (Å²) in [6, 6.07) is 10.6. The SMILES string of the molecule is C[C@H]1CC[C@@]2(C)C(=CCC3C2CC[C@@]2(C)C3CCC2(O)c2ccccc2)C1. The molecule has 4 aliphatic rings. The van der Waals surface area contributed by atoms with E-state index in [0.717, 1.165) is 29.7 Å². The zero-order valence-electron chi connectivity index (χ0n) is 17.4. The Morgan fingerprint density at radius 1 is 0.926 bits per heavy atom. The van der Waals surface area contributed by atoms with Gasteiger partial charge in [0.1, 0.15) is 0 Å². The van der Waals surface area contributed by atoms with Crippen molar-refractivity contribution < 1.29 is 5.11 Å². The first kappa shape index (κ1) is 18.0. The summed E-state index contributed by atoms with van der Waals surface area (Å²) in [5.74, 6) is 3.13. The Labute approximate surface area is 165 Å². The summed E-state index contributed by atoms with van der Waals surface area (Å²) in [5, 5.41) is 11.9. The van der Waals surface area contributed by atoms with E-state index >= 15 is 0 Å². The quantitative estimate of drug-likeness (QED) is 0.566. The van der Waals surface area contributed by atoms with Gasteiger partial charge in [0, 0.05) is 5.41 Å². The van der Waals surface area contributed by atoms with E-state index in [9.17, 15) is 5.11 Å². The molecule has 0 bridgehead atoms. The van der Waals surface area contributed by atoms with Gasteiger partial charge in [0.15, 0.2) is 0 Å². The Hall–Kier alpha value is -1.08. The highest BCUT2D eigenvalue weighted by Crippen LogP contribution is 2.69. The fourth-order valence-electron chi connectivity index (χ4n) is 8.05. The predicted octanol–water partition coefficient (Wildman–Crippen LogP) is 6.47. The predicted molar refractivity (Wildman–Crippen MR) is 111 cm³/mol. The van der Waals surface area contributed by atoms with Crippen LogP contribution >= 0.6 is 0 Å². The molecule has 3 fully saturated rings. The molecule has 1 N–H and O–H groups in total. The van der Waals surface area contributed by atoms with Gasteiger partial charge in [0.2, 0.25) is 0 Å². The summed E-state index contributed by atoms with van der Waals surface area (Å²) in [6.07, 6.45) is 12.6. The highest BCUT2D eigenvalue weighted by Gasteiger charge is 2.63. The molecule has 3 saturated carbocycles. The van der Waals surface area contributed by atoms with Crippen LogP contribution in [0.3, 0.4) is 0 Å². The van der Waals surface area contributed by atoms with Gasteiger partial charge in [-0.25, -0.2) is 0 Å². The molecule has 146 valence electrons. The molecule has 1 aromatic rings. The van der Waals surface area contributed by atoms with Gasteiger partial charge in [-0.3, -0.25) is 0 Å². The van der Waals surface area contributed by atoms with Crippen LogP contribution in [0.15, 0.2) is 42.0 Å². The molecule has 7 atom stereocenters. The van der Waals surface area contributed by atoms with Crippen LogP contribution in [0.2, 0.25) is 0 Å². The fraction of sp³-hybridized carbons (Fsp3) is 0.692.